The molecule has 1 aliphatic carbocycles. The van der Waals surface area contributed by atoms with Gasteiger partial charge >= 0.3 is 12.5 Å². The first-order chi connectivity index (χ1) is 28.1. The van der Waals surface area contributed by atoms with Crippen LogP contribution in [0.4, 0.5) is 37.7 Å². The Morgan fingerprint density at radius 1 is 0.932 bits per heavy atom. The number of fused-ring (bicyclic) bond motifs is 1. The van der Waals surface area contributed by atoms with Crippen molar-refractivity contribution in [3.05, 3.63) is 81.6 Å². The zero-order valence-corrected chi connectivity index (χ0v) is 32.9. The average Bonchev–Trinajstić information content (AvgIpc) is 3.46. The van der Waals surface area contributed by atoms with Crippen LogP contribution in [0.2, 0.25) is 0 Å². The number of aryl methyl sites for hydroxylation is 1. The minimum atomic E-state index is -4.86. The highest BCUT2D eigenvalue weighted by atomic mass is 19.4. The summed E-state index contributed by atoms with van der Waals surface area (Å²) in [5.41, 5.74) is 1.35. The second-order valence-electron chi connectivity index (χ2n) is 16.2. The summed E-state index contributed by atoms with van der Waals surface area (Å²) in [5, 5.41) is 12.2. The molecule has 2 amide bonds. The summed E-state index contributed by atoms with van der Waals surface area (Å²) in [5.74, 6) is -0.235. The predicted molar refractivity (Wildman–Crippen MR) is 211 cm³/mol. The highest BCUT2D eigenvalue weighted by Crippen LogP contribution is 2.40. The number of alkyl halides is 6. The van der Waals surface area contributed by atoms with E-state index >= 15 is 0 Å². The second kappa shape index (κ2) is 17.7. The zero-order chi connectivity index (χ0) is 41.9. The van der Waals surface area contributed by atoms with Gasteiger partial charge in [-0.15, -0.1) is 13.2 Å². The number of ether oxygens (including phenoxy) is 1. The van der Waals surface area contributed by atoms with Crippen LogP contribution >= 0.6 is 0 Å². The van der Waals surface area contributed by atoms with Gasteiger partial charge in [0.05, 0.1) is 11.8 Å². The zero-order valence-electron chi connectivity index (χ0n) is 32.9. The molecule has 7 rings (SSSR count). The first-order valence-electron chi connectivity index (χ1n) is 20.3. The van der Waals surface area contributed by atoms with Crippen molar-refractivity contribution in [2.75, 3.05) is 42.9 Å². The number of carbonyl (C=O) groups is 2. The largest absolute Gasteiger partial charge is 0.572 e. The number of hydrogen-bond acceptors (Lipinski definition) is 8. The van der Waals surface area contributed by atoms with Crippen molar-refractivity contribution < 1.29 is 40.7 Å². The highest BCUT2D eigenvalue weighted by Gasteiger charge is 2.37. The van der Waals surface area contributed by atoms with Crippen LogP contribution in [0.1, 0.15) is 81.8 Å². The molecule has 3 N–H and O–H groups in total. The fourth-order valence-corrected chi connectivity index (χ4v) is 8.91. The monoisotopic (exact) mass is 829 g/mol. The molecule has 0 saturated carbocycles. The lowest BCUT2D eigenvalue weighted by molar-refractivity contribution is -0.306. The van der Waals surface area contributed by atoms with Gasteiger partial charge in [-0.3, -0.25) is 29.7 Å². The van der Waals surface area contributed by atoms with E-state index in [1.807, 2.05) is 6.08 Å². The fourth-order valence-electron chi connectivity index (χ4n) is 8.91. The Kier molecular flexibility index (Phi) is 12.6. The van der Waals surface area contributed by atoms with Gasteiger partial charge in [0.25, 0.3) is 5.56 Å². The van der Waals surface area contributed by atoms with E-state index in [2.05, 4.69) is 30.5 Å². The first-order valence-corrected chi connectivity index (χ1v) is 20.3. The number of nitrogens with one attached hydrogen (secondary N) is 3. The molecular formula is C42H49F6N7O4. The van der Waals surface area contributed by atoms with E-state index in [1.54, 1.807) is 30.3 Å². The number of aromatic amines is 1. The Morgan fingerprint density at radius 2 is 1.68 bits per heavy atom. The van der Waals surface area contributed by atoms with Gasteiger partial charge in [0.1, 0.15) is 17.3 Å². The van der Waals surface area contributed by atoms with Crippen LogP contribution in [0.5, 0.6) is 0 Å². The number of benzene rings is 1. The molecule has 318 valence electrons. The van der Waals surface area contributed by atoms with E-state index in [1.165, 1.54) is 22.9 Å². The number of allylic oxidation sites excluding steroid dienone is 5. The van der Waals surface area contributed by atoms with Gasteiger partial charge in [0.15, 0.2) is 0 Å². The van der Waals surface area contributed by atoms with Gasteiger partial charge < -0.3 is 19.5 Å². The van der Waals surface area contributed by atoms with Crippen molar-refractivity contribution in [3.8, 4) is 0 Å². The number of H-pyrrole nitrogens is 1. The maximum Gasteiger partial charge on any atom is 0.572 e. The topological polar surface area (TPSA) is 125 Å². The van der Waals surface area contributed by atoms with Gasteiger partial charge in [-0.05, 0) is 98.9 Å². The molecule has 5 heterocycles. The van der Waals surface area contributed by atoms with Gasteiger partial charge in [0.2, 0.25) is 11.8 Å². The minimum absolute atomic E-state index is 0.0108. The van der Waals surface area contributed by atoms with E-state index in [4.69, 9.17) is 0 Å². The molecule has 3 aliphatic heterocycles. The minimum Gasteiger partial charge on any atom is -0.410 e. The predicted octanol–water partition coefficient (Wildman–Crippen LogP) is 7.82. The Bertz CT molecular complexity index is 2180. The quantitative estimate of drug-likeness (QED) is 0.132. The van der Waals surface area contributed by atoms with Crippen LogP contribution in [0.25, 0.3) is 16.5 Å². The van der Waals surface area contributed by atoms with E-state index in [-0.39, 0.29) is 47.5 Å². The molecule has 2 atom stereocenters. The van der Waals surface area contributed by atoms with Crippen LogP contribution in [0.15, 0.2) is 64.9 Å². The first kappa shape index (κ1) is 42.1. The smallest absolute Gasteiger partial charge is 0.410 e. The molecule has 17 heteroatoms. The van der Waals surface area contributed by atoms with E-state index in [0.29, 0.717) is 48.0 Å². The number of amides is 2. The third-order valence-electron chi connectivity index (χ3n) is 12.0. The third-order valence-corrected chi connectivity index (χ3v) is 12.0. The maximum absolute atomic E-state index is 14.3. The number of hydrogen-bond donors (Lipinski definition) is 3. The standard InChI is InChI=1S/C42H49F6N7O4/c1-53-25-33(32-23-49-52-38(32)40(53)58)29-8-7-28(20-31(21-29)59-42(46,47)48)24-54-16-3-6-26(13-17-54)4-2-5-27-14-18-55(19-15-27)36-11-9-30(22-34(36)41(43,44)45)50-35-10-12-37(56)51-39(35)57/h7-9,11,21-23,25-27,35,50H,2-6,10,12-20,24H2,1H3,(H,49,52)(H,51,56,57). The summed E-state index contributed by atoms with van der Waals surface area (Å²) in [6.07, 6.45) is 6.63. The molecule has 0 bridgehead atoms. The number of piperidine rings is 2. The SMILES string of the molecule is Cn1cc(C2=CC=C(CN3CCCC(CCCC4CCN(c5ccc(NC6CCC(=O)NC6=O)cc5C(F)(F)F)CC4)CC3)CC(OC(F)(F)F)=C2)c2cn[nH]c2c1=O. The molecule has 2 unspecified atom stereocenters. The fraction of sp³-hybridized carbons (Fsp3) is 0.524. The highest BCUT2D eigenvalue weighted by molar-refractivity contribution is 6.01. The van der Waals surface area contributed by atoms with Gasteiger partial charge in [-0.1, -0.05) is 31.4 Å². The number of likely N-dealkylation sites (tertiary alicyclic amines) is 1. The number of nitrogens with zero attached hydrogens (tertiary/aromatic N) is 4. The Hall–Kier alpha value is -5.06. The summed E-state index contributed by atoms with van der Waals surface area (Å²) >= 11 is 0. The number of carbonyl (C=O) groups excluding carboxylic acids is 2. The summed E-state index contributed by atoms with van der Waals surface area (Å²) in [6, 6.07) is 3.29. The van der Waals surface area contributed by atoms with Crippen molar-refractivity contribution in [1.82, 2.24) is 25.0 Å². The van der Waals surface area contributed by atoms with Gasteiger partial charge in [0, 0.05) is 68.0 Å². The van der Waals surface area contributed by atoms with E-state index < -0.39 is 36.0 Å². The molecule has 1 aromatic carbocycles. The van der Waals surface area contributed by atoms with Crippen molar-refractivity contribution in [1.29, 1.82) is 0 Å². The molecule has 11 nitrogen and oxygen atoms in total. The van der Waals surface area contributed by atoms with E-state index in [9.17, 15) is 40.7 Å². The molecule has 3 aromatic rings. The van der Waals surface area contributed by atoms with E-state index in [0.717, 1.165) is 76.1 Å². The molecular weight excluding hydrogens is 780 g/mol. The maximum atomic E-state index is 14.3. The molecule has 2 aromatic heterocycles. The summed E-state index contributed by atoms with van der Waals surface area (Å²) < 4.78 is 89.2. The number of anilines is 2. The summed E-state index contributed by atoms with van der Waals surface area (Å²) in [7, 11) is 1.58. The molecule has 3 fully saturated rings. The van der Waals surface area contributed by atoms with Crippen LogP contribution in [-0.4, -0.2) is 76.6 Å². The normalized spacial score (nSPS) is 21.7. The number of rotatable bonds is 11. The molecule has 0 radical (unpaired) electrons. The second-order valence-corrected chi connectivity index (χ2v) is 16.2. The van der Waals surface area contributed by atoms with Crippen LogP contribution in [0.3, 0.4) is 0 Å². The average molecular weight is 830 g/mol. The number of imide groups is 1. The molecule has 4 aliphatic rings. The lowest BCUT2D eigenvalue weighted by Crippen LogP contribution is -2.47. The molecule has 59 heavy (non-hydrogen) atoms. The lowest BCUT2D eigenvalue weighted by atomic mass is 9.87. The van der Waals surface area contributed by atoms with Crippen LogP contribution < -0.4 is 21.1 Å². The number of halogens is 6. The van der Waals surface area contributed by atoms with Crippen molar-refractivity contribution in [2.45, 2.75) is 89.2 Å². The van der Waals surface area contributed by atoms with Crippen molar-refractivity contribution >= 4 is 39.7 Å². The Morgan fingerprint density at radius 3 is 2.41 bits per heavy atom. The Balaban J connectivity index is 0.901. The third kappa shape index (κ3) is 10.6. The number of aromatic nitrogens is 3. The van der Waals surface area contributed by atoms with Gasteiger partial charge in [-0.2, -0.15) is 18.3 Å². The number of pyridine rings is 1. The Labute approximate surface area is 337 Å². The van der Waals surface area contributed by atoms with Crippen LogP contribution in [0, 0.1) is 11.8 Å². The van der Waals surface area contributed by atoms with Crippen molar-refractivity contribution in [3.63, 3.8) is 0 Å². The molecule has 3 saturated heterocycles. The van der Waals surface area contributed by atoms with Gasteiger partial charge in [-0.25, -0.2) is 0 Å². The molecule has 0 spiro atoms. The lowest BCUT2D eigenvalue weighted by Gasteiger charge is -2.35. The summed E-state index contributed by atoms with van der Waals surface area (Å²) in [4.78, 5) is 40.3. The summed E-state index contributed by atoms with van der Waals surface area (Å²) in [6.45, 7) is 3.17. The van der Waals surface area contributed by atoms with Crippen LogP contribution in [-0.2, 0) is 27.5 Å². The van der Waals surface area contributed by atoms with Crippen molar-refractivity contribution in [2.24, 2.45) is 18.9 Å².